The lowest BCUT2D eigenvalue weighted by molar-refractivity contribution is -0.121. The number of amides is 2. The van der Waals surface area contributed by atoms with Crippen LogP contribution in [0.2, 0.25) is 0 Å². The zero-order valence-corrected chi connectivity index (χ0v) is 12.5. The third-order valence-electron chi connectivity index (χ3n) is 3.73. The van der Waals surface area contributed by atoms with Crippen molar-refractivity contribution < 1.29 is 24.6 Å². The Morgan fingerprint density at radius 1 is 1.12 bits per heavy atom. The van der Waals surface area contributed by atoms with Gasteiger partial charge in [-0.05, 0) is 24.3 Å². The first-order chi connectivity index (χ1) is 11.5. The number of aromatic carboxylic acids is 1. The molecule has 0 aliphatic carbocycles. The molecule has 0 aromatic heterocycles. The average Bonchev–Trinajstić information content (AvgIpc) is 2.82. The molecule has 0 saturated carbocycles. The normalized spacial score (nSPS) is 17.2. The lowest BCUT2D eigenvalue weighted by Gasteiger charge is -2.16. The Morgan fingerprint density at radius 3 is 2.46 bits per heavy atom. The largest absolute Gasteiger partial charge is 0.507 e. The van der Waals surface area contributed by atoms with Crippen LogP contribution < -0.4 is 10.2 Å². The summed E-state index contributed by atoms with van der Waals surface area (Å²) in [5, 5.41) is 21.7. The molecule has 2 aromatic carbocycles. The number of phenols is 1. The SMILES string of the molecule is O=C(O)c1ccc(N2C(=O)CC(Nc3ccccc3)C2=O)cc1O. The molecule has 7 nitrogen and oxygen atoms in total. The van der Waals surface area contributed by atoms with Gasteiger partial charge in [-0.3, -0.25) is 9.59 Å². The molecule has 2 amide bonds. The maximum absolute atomic E-state index is 12.5. The van der Waals surface area contributed by atoms with E-state index in [1.807, 2.05) is 18.2 Å². The Balaban J connectivity index is 1.84. The number of carboxylic acid groups (broad SMARTS) is 1. The molecule has 24 heavy (non-hydrogen) atoms. The van der Waals surface area contributed by atoms with Crippen molar-refractivity contribution >= 4 is 29.2 Å². The Hall–Kier alpha value is -3.35. The molecule has 7 heteroatoms. The molecule has 0 bridgehead atoms. The van der Waals surface area contributed by atoms with E-state index in [4.69, 9.17) is 5.11 Å². The quantitative estimate of drug-likeness (QED) is 0.740. The zero-order valence-electron chi connectivity index (χ0n) is 12.5. The number of imide groups is 1. The van der Waals surface area contributed by atoms with Crippen molar-refractivity contribution in [3.63, 3.8) is 0 Å². The van der Waals surface area contributed by atoms with Crippen molar-refractivity contribution in [2.45, 2.75) is 12.5 Å². The highest BCUT2D eigenvalue weighted by Crippen LogP contribution is 2.29. The highest BCUT2D eigenvalue weighted by atomic mass is 16.4. The van der Waals surface area contributed by atoms with Gasteiger partial charge in [0.15, 0.2) is 0 Å². The van der Waals surface area contributed by atoms with Crippen molar-refractivity contribution in [2.24, 2.45) is 0 Å². The summed E-state index contributed by atoms with van der Waals surface area (Å²) in [6, 6.07) is 11.9. The lowest BCUT2D eigenvalue weighted by atomic mass is 10.1. The summed E-state index contributed by atoms with van der Waals surface area (Å²) >= 11 is 0. The van der Waals surface area contributed by atoms with E-state index in [1.54, 1.807) is 12.1 Å². The van der Waals surface area contributed by atoms with Crippen LogP contribution >= 0.6 is 0 Å². The van der Waals surface area contributed by atoms with E-state index in [9.17, 15) is 19.5 Å². The number of hydrogen-bond donors (Lipinski definition) is 3. The minimum atomic E-state index is -1.29. The van der Waals surface area contributed by atoms with E-state index >= 15 is 0 Å². The second kappa shape index (κ2) is 6.04. The van der Waals surface area contributed by atoms with Crippen molar-refractivity contribution in [1.82, 2.24) is 0 Å². The molecule has 0 radical (unpaired) electrons. The Labute approximate surface area is 137 Å². The third-order valence-corrected chi connectivity index (χ3v) is 3.73. The fraction of sp³-hybridized carbons (Fsp3) is 0.118. The van der Waals surface area contributed by atoms with Crippen LogP contribution in [0.5, 0.6) is 5.75 Å². The first-order valence-corrected chi connectivity index (χ1v) is 7.22. The predicted octanol–water partition coefficient (Wildman–Crippen LogP) is 1.83. The van der Waals surface area contributed by atoms with Crippen LogP contribution in [0.1, 0.15) is 16.8 Å². The van der Waals surface area contributed by atoms with Crippen LogP contribution in [-0.4, -0.2) is 34.0 Å². The number of carboxylic acids is 1. The van der Waals surface area contributed by atoms with Crippen LogP contribution in [-0.2, 0) is 9.59 Å². The number of anilines is 2. The zero-order chi connectivity index (χ0) is 17.3. The summed E-state index contributed by atoms with van der Waals surface area (Å²) in [5.74, 6) is -2.66. The van der Waals surface area contributed by atoms with E-state index in [-0.39, 0.29) is 17.7 Å². The summed E-state index contributed by atoms with van der Waals surface area (Å²) in [6.45, 7) is 0. The molecular weight excluding hydrogens is 312 g/mol. The number of para-hydroxylation sites is 1. The monoisotopic (exact) mass is 326 g/mol. The van der Waals surface area contributed by atoms with Gasteiger partial charge in [0.05, 0.1) is 12.1 Å². The van der Waals surface area contributed by atoms with Crippen LogP contribution in [0.15, 0.2) is 48.5 Å². The minimum absolute atomic E-state index is 0.0187. The van der Waals surface area contributed by atoms with Crippen LogP contribution in [0.3, 0.4) is 0 Å². The van der Waals surface area contributed by atoms with Gasteiger partial charge in [-0.15, -0.1) is 0 Å². The molecule has 1 fully saturated rings. The Kier molecular flexibility index (Phi) is 3.91. The second-order valence-corrected chi connectivity index (χ2v) is 5.34. The number of nitrogens with zero attached hydrogens (tertiary/aromatic N) is 1. The summed E-state index contributed by atoms with van der Waals surface area (Å²) < 4.78 is 0. The number of aromatic hydroxyl groups is 1. The Bertz CT molecular complexity index is 819. The van der Waals surface area contributed by atoms with Gasteiger partial charge in [0, 0.05) is 11.8 Å². The average molecular weight is 326 g/mol. The van der Waals surface area contributed by atoms with Crippen molar-refractivity contribution in [2.75, 3.05) is 10.2 Å². The standard InChI is InChI=1S/C17H14N2O5/c20-14-8-11(6-7-12(14)17(23)24)19-15(21)9-13(16(19)22)18-10-4-2-1-3-5-10/h1-8,13,18,20H,9H2,(H,23,24). The molecule has 122 valence electrons. The highest BCUT2D eigenvalue weighted by Gasteiger charge is 2.39. The van der Waals surface area contributed by atoms with E-state index in [2.05, 4.69) is 5.32 Å². The van der Waals surface area contributed by atoms with E-state index in [0.29, 0.717) is 0 Å². The van der Waals surface area contributed by atoms with E-state index < -0.39 is 29.6 Å². The molecule has 1 atom stereocenters. The fourth-order valence-corrected chi connectivity index (χ4v) is 2.59. The first kappa shape index (κ1) is 15.5. The third kappa shape index (κ3) is 2.79. The first-order valence-electron chi connectivity index (χ1n) is 7.22. The molecule has 1 aliphatic heterocycles. The molecule has 2 aromatic rings. The molecule has 1 saturated heterocycles. The van der Waals surface area contributed by atoms with Crippen molar-refractivity contribution in [3.05, 3.63) is 54.1 Å². The second-order valence-electron chi connectivity index (χ2n) is 5.34. The van der Waals surface area contributed by atoms with Gasteiger partial charge in [-0.2, -0.15) is 0 Å². The number of rotatable bonds is 4. The molecule has 0 spiro atoms. The fourth-order valence-electron chi connectivity index (χ4n) is 2.59. The van der Waals surface area contributed by atoms with Gasteiger partial charge in [-0.25, -0.2) is 9.69 Å². The molecule has 1 aliphatic rings. The number of hydrogen-bond acceptors (Lipinski definition) is 5. The lowest BCUT2D eigenvalue weighted by Crippen LogP contribution is -2.34. The van der Waals surface area contributed by atoms with Gasteiger partial charge < -0.3 is 15.5 Å². The van der Waals surface area contributed by atoms with Crippen molar-refractivity contribution in [1.29, 1.82) is 0 Å². The maximum Gasteiger partial charge on any atom is 0.339 e. The van der Waals surface area contributed by atoms with Crippen LogP contribution in [0.4, 0.5) is 11.4 Å². The maximum atomic E-state index is 12.5. The molecular formula is C17H14N2O5. The summed E-state index contributed by atoms with van der Waals surface area (Å²) in [4.78, 5) is 36.5. The van der Waals surface area contributed by atoms with Gasteiger partial charge in [0.2, 0.25) is 5.91 Å². The number of benzene rings is 2. The number of carbonyl (C=O) groups excluding carboxylic acids is 2. The minimum Gasteiger partial charge on any atom is -0.507 e. The molecule has 1 unspecified atom stereocenters. The number of carbonyl (C=O) groups is 3. The summed E-state index contributed by atoms with van der Waals surface area (Å²) in [7, 11) is 0. The molecule has 1 heterocycles. The van der Waals surface area contributed by atoms with Gasteiger partial charge >= 0.3 is 5.97 Å². The van der Waals surface area contributed by atoms with Crippen LogP contribution in [0.25, 0.3) is 0 Å². The topological polar surface area (TPSA) is 107 Å². The van der Waals surface area contributed by atoms with Gasteiger partial charge in [0.1, 0.15) is 17.4 Å². The number of nitrogens with one attached hydrogen (secondary N) is 1. The van der Waals surface area contributed by atoms with Gasteiger partial charge in [-0.1, -0.05) is 18.2 Å². The summed E-state index contributed by atoms with van der Waals surface area (Å²) in [6.07, 6.45) is -0.0187. The molecule has 3 rings (SSSR count). The van der Waals surface area contributed by atoms with Crippen LogP contribution in [0, 0.1) is 0 Å². The summed E-state index contributed by atoms with van der Waals surface area (Å²) in [5.41, 5.74) is 0.566. The van der Waals surface area contributed by atoms with Crippen molar-refractivity contribution in [3.8, 4) is 5.75 Å². The van der Waals surface area contributed by atoms with E-state index in [0.717, 1.165) is 22.7 Å². The smallest absolute Gasteiger partial charge is 0.339 e. The predicted molar refractivity (Wildman–Crippen MR) is 86.0 cm³/mol. The van der Waals surface area contributed by atoms with Gasteiger partial charge in [0.25, 0.3) is 5.91 Å². The highest BCUT2D eigenvalue weighted by molar-refractivity contribution is 6.23. The Morgan fingerprint density at radius 2 is 1.83 bits per heavy atom. The molecule has 3 N–H and O–H groups in total. The van der Waals surface area contributed by atoms with E-state index in [1.165, 1.54) is 6.07 Å².